The van der Waals surface area contributed by atoms with Gasteiger partial charge in [0.05, 0.1) is 20.4 Å². The molecule has 0 amide bonds. The van der Waals surface area contributed by atoms with Gasteiger partial charge in [0.25, 0.3) is 0 Å². The average molecular weight is 461 g/mol. The Morgan fingerprint density at radius 2 is 1.95 bits per heavy atom. The van der Waals surface area contributed by atoms with Crippen molar-refractivity contribution in [2.75, 3.05) is 6.61 Å². The molecule has 0 saturated heterocycles. The molecule has 7 heteroatoms. The van der Waals surface area contributed by atoms with Gasteiger partial charge in [-0.3, -0.25) is 0 Å². The quantitative estimate of drug-likeness (QED) is 0.600. The van der Waals surface area contributed by atoms with Crippen molar-refractivity contribution >= 4 is 66.4 Å². The van der Waals surface area contributed by atoms with Crippen LogP contribution in [0.4, 0.5) is 0 Å². The van der Waals surface area contributed by atoms with Gasteiger partial charge < -0.3 is 9.84 Å². The number of halogens is 4. The van der Waals surface area contributed by atoms with Crippen molar-refractivity contribution in [2.45, 2.75) is 13.0 Å². The van der Waals surface area contributed by atoms with E-state index in [1.807, 2.05) is 13.0 Å². The van der Waals surface area contributed by atoms with Crippen LogP contribution in [0.25, 0.3) is 0 Å². The Hall–Kier alpha value is 0.220. The minimum absolute atomic E-state index is 0.422. The lowest BCUT2D eigenvalue weighted by Gasteiger charge is -2.14. The van der Waals surface area contributed by atoms with E-state index in [0.29, 0.717) is 28.0 Å². The van der Waals surface area contributed by atoms with Crippen LogP contribution >= 0.6 is 66.4 Å². The molecule has 1 N–H and O–H groups in total. The van der Waals surface area contributed by atoms with E-state index in [0.717, 1.165) is 13.1 Å². The Labute approximate surface area is 147 Å². The Morgan fingerprint density at radius 1 is 1.25 bits per heavy atom. The molecule has 1 heterocycles. The number of aliphatic hydroxyl groups is 1. The van der Waals surface area contributed by atoms with Crippen molar-refractivity contribution in [3.8, 4) is 5.75 Å². The number of ether oxygens (including phenoxy) is 1. The molecule has 2 aromatic rings. The number of hydrogen-bond donors (Lipinski definition) is 1. The van der Waals surface area contributed by atoms with E-state index in [2.05, 4.69) is 31.9 Å². The predicted octanol–water partition coefficient (Wildman–Crippen LogP) is 6.06. The standard InChI is InChI=1S/C13H10Br2Cl2O2S/c1-2-19-10-5-8(16)6(3-9(10)17)12(18)11-4-7(14)13(15)20-11/h3-5,12,18H,2H2,1H3. The van der Waals surface area contributed by atoms with Crippen LogP contribution in [0.15, 0.2) is 26.5 Å². The second kappa shape index (κ2) is 6.99. The first-order chi connectivity index (χ1) is 9.43. The monoisotopic (exact) mass is 458 g/mol. The maximum atomic E-state index is 10.4. The zero-order valence-electron chi connectivity index (χ0n) is 10.3. The highest BCUT2D eigenvalue weighted by Gasteiger charge is 2.20. The summed E-state index contributed by atoms with van der Waals surface area (Å²) in [6.45, 7) is 2.37. The molecular weight excluding hydrogens is 451 g/mol. The van der Waals surface area contributed by atoms with Crippen LogP contribution in [0.2, 0.25) is 10.0 Å². The van der Waals surface area contributed by atoms with Gasteiger partial charge in [0.15, 0.2) is 0 Å². The number of benzene rings is 1. The topological polar surface area (TPSA) is 29.5 Å². The first kappa shape index (κ1) is 16.6. The summed E-state index contributed by atoms with van der Waals surface area (Å²) in [6, 6.07) is 5.12. The molecule has 0 aliphatic heterocycles. The third-order valence-corrected chi connectivity index (χ3v) is 6.51. The Kier molecular flexibility index (Phi) is 5.79. The molecule has 0 radical (unpaired) electrons. The van der Waals surface area contributed by atoms with Crippen LogP contribution in [-0.2, 0) is 0 Å². The van der Waals surface area contributed by atoms with Crippen molar-refractivity contribution in [1.29, 1.82) is 0 Å². The summed E-state index contributed by atoms with van der Waals surface area (Å²) in [5.41, 5.74) is 0.557. The van der Waals surface area contributed by atoms with E-state index >= 15 is 0 Å². The lowest BCUT2D eigenvalue weighted by molar-refractivity contribution is 0.224. The van der Waals surface area contributed by atoms with Gasteiger partial charge in [0.2, 0.25) is 0 Å². The number of aliphatic hydroxyl groups excluding tert-OH is 1. The number of thiophene rings is 1. The molecule has 1 aromatic carbocycles. The van der Waals surface area contributed by atoms with Crippen molar-refractivity contribution in [2.24, 2.45) is 0 Å². The van der Waals surface area contributed by atoms with Crippen LogP contribution in [0.3, 0.4) is 0 Å². The van der Waals surface area contributed by atoms with Crippen molar-refractivity contribution in [3.63, 3.8) is 0 Å². The average Bonchev–Trinajstić information content (AvgIpc) is 2.73. The molecule has 2 rings (SSSR count). The lowest BCUT2D eigenvalue weighted by atomic mass is 10.1. The molecule has 20 heavy (non-hydrogen) atoms. The Morgan fingerprint density at radius 3 is 2.50 bits per heavy atom. The van der Waals surface area contributed by atoms with Crippen molar-refractivity contribution in [3.05, 3.63) is 46.9 Å². The largest absolute Gasteiger partial charge is 0.492 e. The van der Waals surface area contributed by atoms with Gasteiger partial charge in [-0.25, -0.2) is 0 Å². The molecule has 0 spiro atoms. The molecule has 0 aliphatic carbocycles. The highest BCUT2D eigenvalue weighted by atomic mass is 79.9. The first-order valence-electron chi connectivity index (χ1n) is 5.68. The second-order valence-corrected chi connectivity index (χ2v) is 7.98. The van der Waals surface area contributed by atoms with Crippen LogP contribution in [0.5, 0.6) is 5.75 Å². The van der Waals surface area contributed by atoms with Gasteiger partial charge >= 0.3 is 0 Å². The zero-order valence-corrected chi connectivity index (χ0v) is 15.8. The minimum atomic E-state index is -0.830. The molecule has 2 nitrogen and oxygen atoms in total. The highest BCUT2D eigenvalue weighted by Crippen LogP contribution is 2.41. The van der Waals surface area contributed by atoms with Crippen LogP contribution in [-0.4, -0.2) is 11.7 Å². The molecule has 0 aliphatic rings. The van der Waals surface area contributed by atoms with E-state index < -0.39 is 6.10 Å². The summed E-state index contributed by atoms with van der Waals surface area (Å²) < 4.78 is 7.18. The molecule has 1 aromatic heterocycles. The second-order valence-electron chi connectivity index (χ2n) is 3.91. The summed E-state index contributed by atoms with van der Waals surface area (Å²) in [7, 11) is 0. The highest BCUT2D eigenvalue weighted by molar-refractivity contribution is 9.13. The SMILES string of the molecule is CCOc1cc(Cl)c(C(O)c2cc(Br)c(Br)s2)cc1Cl. The fraction of sp³-hybridized carbons (Fsp3) is 0.231. The molecule has 0 fully saturated rings. The minimum Gasteiger partial charge on any atom is -0.492 e. The molecule has 1 atom stereocenters. The van der Waals surface area contributed by atoms with Gasteiger partial charge in [-0.15, -0.1) is 11.3 Å². The Bertz CT molecular complexity index is 612. The van der Waals surface area contributed by atoms with Gasteiger partial charge in [0.1, 0.15) is 11.9 Å². The zero-order chi connectivity index (χ0) is 14.9. The van der Waals surface area contributed by atoms with Gasteiger partial charge in [-0.05, 0) is 50.9 Å². The summed E-state index contributed by atoms with van der Waals surface area (Å²) >= 11 is 20.6. The molecule has 0 saturated carbocycles. The fourth-order valence-corrected chi connectivity index (χ4v) is 4.25. The molecular formula is C13H10Br2Cl2O2S. The summed E-state index contributed by atoms with van der Waals surface area (Å²) in [5, 5.41) is 11.3. The van der Waals surface area contributed by atoms with Crippen molar-refractivity contribution in [1.82, 2.24) is 0 Å². The number of hydrogen-bond acceptors (Lipinski definition) is 3. The third-order valence-electron chi connectivity index (χ3n) is 2.58. The van der Waals surface area contributed by atoms with Gasteiger partial charge in [0, 0.05) is 21.0 Å². The van der Waals surface area contributed by atoms with Crippen molar-refractivity contribution < 1.29 is 9.84 Å². The third kappa shape index (κ3) is 3.51. The van der Waals surface area contributed by atoms with Gasteiger partial charge in [-0.1, -0.05) is 23.2 Å². The molecule has 0 bridgehead atoms. The van der Waals surface area contributed by atoms with Crippen LogP contribution < -0.4 is 4.74 Å². The van der Waals surface area contributed by atoms with E-state index in [-0.39, 0.29) is 0 Å². The van der Waals surface area contributed by atoms with E-state index in [4.69, 9.17) is 27.9 Å². The summed E-state index contributed by atoms with van der Waals surface area (Å²) in [4.78, 5) is 0.769. The molecule has 108 valence electrons. The molecule has 1 unspecified atom stereocenters. The summed E-state index contributed by atoms with van der Waals surface area (Å²) in [6.07, 6.45) is -0.830. The first-order valence-corrected chi connectivity index (χ1v) is 8.84. The smallest absolute Gasteiger partial charge is 0.139 e. The predicted molar refractivity (Wildman–Crippen MR) is 91.4 cm³/mol. The van der Waals surface area contributed by atoms with Crippen LogP contribution in [0.1, 0.15) is 23.5 Å². The van der Waals surface area contributed by atoms with E-state index in [1.54, 1.807) is 12.1 Å². The maximum Gasteiger partial charge on any atom is 0.139 e. The normalized spacial score (nSPS) is 12.5. The maximum absolute atomic E-state index is 10.4. The fourth-order valence-electron chi connectivity index (χ4n) is 1.67. The van der Waals surface area contributed by atoms with E-state index in [9.17, 15) is 5.11 Å². The van der Waals surface area contributed by atoms with E-state index in [1.165, 1.54) is 11.3 Å². The summed E-state index contributed by atoms with van der Waals surface area (Å²) in [5.74, 6) is 0.517. The lowest BCUT2D eigenvalue weighted by Crippen LogP contribution is -2.00. The number of rotatable bonds is 4. The van der Waals surface area contributed by atoms with Gasteiger partial charge in [-0.2, -0.15) is 0 Å². The van der Waals surface area contributed by atoms with Crippen LogP contribution in [0, 0.1) is 0 Å². The Balaban J connectivity index is 2.39.